The van der Waals surface area contributed by atoms with Crippen molar-refractivity contribution in [3.63, 3.8) is 0 Å². The van der Waals surface area contributed by atoms with Crippen LogP contribution in [0.3, 0.4) is 0 Å². The number of rotatable bonds is 3. The molecule has 2 heterocycles. The van der Waals surface area contributed by atoms with E-state index in [9.17, 15) is 5.11 Å². The third-order valence-corrected chi connectivity index (χ3v) is 5.05. The van der Waals surface area contributed by atoms with E-state index in [4.69, 9.17) is 18.9 Å². The molecule has 2 aromatic carbocycles. The summed E-state index contributed by atoms with van der Waals surface area (Å²) in [6.07, 6.45) is 1.97. The van der Waals surface area contributed by atoms with Gasteiger partial charge < -0.3 is 24.1 Å². The van der Waals surface area contributed by atoms with Crippen LogP contribution >= 0.6 is 0 Å². The molecule has 2 aromatic rings. The lowest BCUT2D eigenvalue weighted by molar-refractivity contribution is -0.0880. The Labute approximate surface area is 159 Å². The van der Waals surface area contributed by atoms with Gasteiger partial charge in [-0.3, -0.25) is 0 Å². The van der Waals surface area contributed by atoms with Crippen LogP contribution in [0.4, 0.5) is 0 Å². The minimum atomic E-state index is -0.873. The van der Waals surface area contributed by atoms with Crippen molar-refractivity contribution in [3.05, 3.63) is 59.2 Å². The summed E-state index contributed by atoms with van der Waals surface area (Å²) < 4.78 is 23.7. The van der Waals surface area contributed by atoms with Crippen LogP contribution in [0.1, 0.15) is 42.7 Å². The molecule has 4 rings (SSSR count). The van der Waals surface area contributed by atoms with E-state index in [-0.39, 0.29) is 0 Å². The minimum absolute atomic E-state index is 0.417. The van der Waals surface area contributed by atoms with Gasteiger partial charge in [0.15, 0.2) is 6.10 Å². The average molecular weight is 368 g/mol. The van der Waals surface area contributed by atoms with Crippen molar-refractivity contribution in [1.82, 2.24) is 0 Å². The third-order valence-electron chi connectivity index (χ3n) is 5.05. The molecule has 1 N–H and O–H groups in total. The second kappa shape index (κ2) is 6.59. The average Bonchev–Trinajstić information content (AvgIpc) is 2.66. The van der Waals surface area contributed by atoms with Gasteiger partial charge in [0.2, 0.25) is 0 Å². The predicted octanol–water partition coefficient (Wildman–Crippen LogP) is 4.06. The molecule has 0 spiro atoms. The first-order valence-corrected chi connectivity index (χ1v) is 9.01. The van der Waals surface area contributed by atoms with Crippen molar-refractivity contribution in [2.24, 2.45) is 0 Å². The van der Waals surface area contributed by atoms with Crippen LogP contribution < -0.4 is 14.2 Å². The third kappa shape index (κ3) is 2.97. The van der Waals surface area contributed by atoms with Crippen molar-refractivity contribution in [1.29, 1.82) is 0 Å². The Morgan fingerprint density at radius 3 is 2.48 bits per heavy atom. The molecular weight excluding hydrogens is 344 g/mol. The quantitative estimate of drug-likeness (QED) is 0.885. The summed E-state index contributed by atoms with van der Waals surface area (Å²) in [6, 6.07) is 11.5. The molecule has 0 saturated carbocycles. The number of aliphatic hydroxyl groups excluding tert-OH is 1. The van der Waals surface area contributed by atoms with Crippen LogP contribution in [0, 0.1) is 0 Å². The maximum atomic E-state index is 11.0. The van der Waals surface area contributed by atoms with Crippen molar-refractivity contribution >= 4 is 6.08 Å². The zero-order valence-corrected chi connectivity index (χ0v) is 15.9. The van der Waals surface area contributed by atoms with Gasteiger partial charge >= 0.3 is 0 Å². The van der Waals surface area contributed by atoms with Gasteiger partial charge in [0.25, 0.3) is 0 Å². The van der Waals surface area contributed by atoms with Crippen LogP contribution in [-0.2, 0) is 4.74 Å². The molecule has 142 valence electrons. The number of hydrogen-bond acceptors (Lipinski definition) is 5. The summed E-state index contributed by atoms with van der Waals surface area (Å²) in [5.41, 5.74) is 1.99. The standard InChI is InChI=1S/C22H24O5/c1-22(2)11-10-14-15(27-22)12-16-17(20(14)24-3)21(25-4)18(23)19(26-16)13-8-6-5-7-9-13/h5-12,18-19,21,23H,1-4H3/t18-,19-,21+/m1/s1. The largest absolute Gasteiger partial charge is 0.495 e. The fraction of sp³-hybridized carbons (Fsp3) is 0.364. The van der Waals surface area contributed by atoms with Gasteiger partial charge in [0.05, 0.1) is 18.2 Å². The van der Waals surface area contributed by atoms with Gasteiger partial charge in [-0.25, -0.2) is 0 Å². The van der Waals surface area contributed by atoms with E-state index in [0.717, 1.165) is 11.1 Å². The summed E-state index contributed by atoms with van der Waals surface area (Å²) in [4.78, 5) is 0. The first kappa shape index (κ1) is 17.9. The molecule has 2 aliphatic heterocycles. The predicted molar refractivity (Wildman–Crippen MR) is 102 cm³/mol. The number of fused-ring (bicyclic) bond motifs is 2. The highest BCUT2D eigenvalue weighted by atomic mass is 16.5. The number of aliphatic hydroxyl groups is 1. The molecule has 0 radical (unpaired) electrons. The first-order chi connectivity index (χ1) is 12.9. The fourth-order valence-corrected chi connectivity index (χ4v) is 3.78. The van der Waals surface area contributed by atoms with Gasteiger partial charge in [0.1, 0.15) is 35.1 Å². The van der Waals surface area contributed by atoms with Crippen LogP contribution in [0.15, 0.2) is 42.5 Å². The minimum Gasteiger partial charge on any atom is -0.495 e. The van der Waals surface area contributed by atoms with E-state index >= 15 is 0 Å². The van der Waals surface area contributed by atoms with Gasteiger partial charge in [-0.2, -0.15) is 0 Å². The van der Waals surface area contributed by atoms with Gasteiger partial charge in [-0.1, -0.05) is 30.3 Å². The lowest BCUT2D eigenvalue weighted by Crippen LogP contribution is -2.36. The Kier molecular flexibility index (Phi) is 4.36. The van der Waals surface area contributed by atoms with Crippen molar-refractivity contribution < 1.29 is 24.1 Å². The Hall–Kier alpha value is -2.50. The monoisotopic (exact) mass is 368 g/mol. The zero-order valence-electron chi connectivity index (χ0n) is 15.9. The summed E-state index contributed by atoms with van der Waals surface area (Å²) in [5, 5.41) is 11.0. The number of hydrogen-bond donors (Lipinski definition) is 1. The van der Waals surface area contributed by atoms with Gasteiger partial charge in [-0.05, 0) is 31.6 Å². The van der Waals surface area contributed by atoms with Crippen LogP contribution in [-0.4, -0.2) is 31.0 Å². The molecule has 5 heteroatoms. The van der Waals surface area contributed by atoms with Crippen LogP contribution in [0.25, 0.3) is 6.08 Å². The lowest BCUT2D eigenvalue weighted by atomic mass is 9.89. The summed E-state index contributed by atoms with van der Waals surface area (Å²) in [5.74, 6) is 1.89. The molecular formula is C22H24O5. The molecule has 0 fully saturated rings. The highest BCUT2D eigenvalue weighted by Gasteiger charge is 2.42. The number of methoxy groups -OCH3 is 2. The maximum absolute atomic E-state index is 11.0. The molecule has 5 nitrogen and oxygen atoms in total. The van der Waals surface area contributed by atoms with E-state index in [1.165, 1.54) is 0 Å². The van der Waals surface area contributed by atoms with Crippen LogP contribution in [0.2, 0.25) is 0 Å². The molecule has 0 saturated heterocycles. The Balaban J connectivity index is 1.87. The van der Waals surface area contributed by atoms with Crippen molar-refractivity contribution in [2.75, 3.05) is 14.2 Å². The molecule has 0 bridgehead atoms. The number of benzene rings is 2. The van der Waals surface area contributed by atoms with E-state index in [1.807, 2.05) is 62.4 Å². The van der Waals surface area contributed by atoms with E-state index in [2.05, 4.69) is 0 Å². The number of ether oxygens (including phenoxy) is 4. The molecule has 0 amide bonds. The second-order valence-corrected chi connectivity index (χ2v) is 7.37. The fourth-order valence-electron chi connectivity index (χ4n) is 3.78. The summed E-state index contributed by atoms with van der Waals surface area (Å²) in [6.45, 7) is 3.99. The Bertz CT molecular complexity index is 872. The highest BCUT2D eigenvalue weighted by Crippen LogP contribution is 2.52. The maximum Gasteiger partial charge on any atom is 0.152 e. The SMILES string of the molecule is COc1c2c(cc3c1[C@H](OC)[C@H](O)[C@@H](c1ccccc1)O3)OC(C)(C)C=C2. The molecule has 0 aromatic heterocycles. The molecule has 0 aliphatic carbocycles. The summed E-state index contributed by atoms with van der Waals surface area (Å²) >= 11 is 0. The Morgan fingerprint density at radius 1 is 1.07 bits per heavy atom. The summed E-state index contributed by atoms with van der Waals surface area (Å²) in [7, 11) is 3.19. The topological polar surface area (TPSA) is 57.2 Å². The molecule has 27 heavy (non-hydrogen) atoms. The van der Waals surface area contributed by atoms with E-state index in [1.54, 1.807) is 14.2 Å². The molecule has 3 atom stereocenters. The van der Waals surface area contributed by atoms with Crippen LogP contribution in [0.5, 0.6) is 17.2 Å². The van der Waals surface area contributed by atoms with Gasteiger partial charge in [-0.15, -0.1) is 0 Å². The van der Waals surface area contributed by atoms with Crippen molar-refractivity contribution in [3.8, 4) is 17.2 Å². The molecule has 2 aliphatic rings. The zero-order chi connectivity index (χ0) is 19.2. The smallest absolute Gasteiger partial charge is 0.152 e. The van der Waals surface area contributed by atoms with Crippen molar-refractivity contribution in [2.45, 2.75) is 37.8 Å². The Morgan fingerprint density at radius 2 is 1.81 bits per heavy atom. The molecule has 0 unspecified atom stereocenters. The second-order valence-electron chi connectivity index (χ2n) is 7.37. The normalized spacial score (nSPS) is 25.0. The highest BCUT2D eigenvalue weighted by molar-refractivity contribution is 5.72. The van der Waals surface area contributed by atoms with E-state index < -0.39 is 23.9 Å². The first-order valence-electron chi connectivity index (χ1n) is 9.01. The lowest BCUT2D eigenvalue weighted by Gasteiger charge is -2.38. The van der Waals surface area contributed by atoms with E-state index in [0.29, 0.717) is 22.8 Å². The van der Waals surface area contributed by atoms with Gasteiger partial charge in [0, 0.05) is 13.2 Å².